The summed E-state index contributed by atoms with van der Waals surface area (Å²) < 4.78 is 5.35. The van der Waals surface area contributed by atoms with Crippen molar-refractivity contribution in [2.75, 3.05) is 6.54 Å². The predicted octanol–water partition coefficient (Wildman–Crippen LogP) is 3.29. The highest BCUT2D eigenvalue weighted by Gasteiger charge is 2.24. The molecule has 0 saturated carbocycles. The van der Waals surface area contributed by atoms with Crippen LogP contribution in [0.15, 0.2) is 0 Å². The van der Waals surface area contributed by atoms with Crippen molar-refractivity contribution < 1.29 is 9.53 Å². The molecule has 0 N–H and O–H groups in total. The van der Waals surface area contributed by atoms with Gasteiger partial charge in [-0.2, -0.15) is 0 Å². The lowest BCUT2D eigenvalue weighted by Crippen LogP contribution is -2.42. The highest BCUT2D eigenvalue weighted by molar-refractivity contribution is 5.68. The fraction of sp³-hybridized carbons (Fsp3) is 0.917. The maximum atomic E-state index is 11.8. The third-order valence-corrected chi connectivity index (χ3v) is 1.81. The number of carbonyl (C=O) groups is 1. The number of rotatable bonds is 3. The van der Waals surface area contributed by atoms with Crippen LogP contribution >= 0.6 is 0 Å². The lowest BCUT2D eigenvalue weighted by molar-refractivity contribution is 0.0166. The molecule has 0 saturated heterocycles. The first-order chi connectivity index (χ1) is 6.63. The van der Waals surface area contributed by atoms with E-state index >= 15 is 0 Å². The van der Waals surface area contributed by atoms with Crippen LogP contribution in [0.3, 0.4) is 0 Å². The van der Waals surface area contributed by atoms with Gasteiger partial charge in [-0.05, 0) is 40.5 Å². The van der Waals surface area contributed by atoms with Crippen molar-refractivity contribution in [1.82, 2.24) is 4.90 Å². The molecule has 0 aliphatic heterocycles. The molecule has 0 aliphatic carbocycles. The number of hydrogen-bond donors (Lipinski definition) is 0. The van der Waals surface area contributed by atoms with Gasteiger partial charge in [0.05, 0.1) is 0 Å². The van der Waals surface area contributed by atoms with Gasteiger partial charge in [-0.3, -0.25) is 0 Å². The number of hydrogen-bond acceptors (Lipinski definition) is 2. The lowest BCUT2D eigenvalue weighted by Gasteiger charge is -2.31. The highest BCUT2D eigenvalue weighted by atomic mass is 16.6. The second-order valence-electron chi connectivity index (χ2n) is 5.62. The van der Waals surface area contributed by atoms with Crippen LogP contribution < -0.4 is 0 Å². The molecule has 0 atom stereocenters. The van der Waals surface area contributed by atoms with Crippen LogP contribution in [0.1, 0.15) is 48.5 Å². The van der Waals surface area contributed by atoms with Crippen molar-refractivity contribution in [2.45, 2.75) is 60.1 Å². The molecule has 0 spiro atoms. The Morgan fingerprint density at radius 2 is 1.67 bits per heavy atom. The first-order valence-corrected chi connectivity index (χ1v) is 5.63. The van der Waals surface area contributed by atoms with Gasteiger partial charge in [0.2, 0.25) is 0 Å². The summed E-state index contributed by atoms with van der Waals surface area (Å²) in [4.78, 5) is 13.6. The molecule has 90 valence electrons. The monoisotopic (exact) mass is 215 g/mol. The van der Waals surface area contributed by atoms with E-state index in [2.05, 4.69) is 13.8 Å². The van der Waals surface area contributed by atoms with Gasteiger partial charge in [0, 0.05) is 12.6 Å². The average Bonchev–Trinajstić information content (AvgIpc) is 1.95. The van der Waals surface area contributed by atoms with Crippen LogP contribution in [-0.2, 0) is 4.74 Å². The van der Waals surface area contributed by atoms with Crippen molar-refractivity contribution in [2.24, 2.45) is 5.92 Å². The van der Waals surface area contributed by atoms with Gasteiger partial charge in [0.1, 0.15) is 5.60 Å². The minimum atomic E-state index is -0.415. The zero-order chi connectivity index (χ0) is 12.2. The van der Waals surface area contributed by atoms with Crippen LogP contribution in [-0.4, -0.2) is 29.2 Å². The Hall–Kier alpha value is -0.730. The molecule has 0 radical (unpaired) electrons. The molecule has 0 rings (SSSR count). The van der Waals surface area contributed by atoms with Crippen LogP contribution in [0, 0.1) is 5.92 Å². The summed E-state index contributed by atoms with van der Waals surface area (Å²) in [6.45, 7) is 14.6. The maximum Gasteiger partial charge on any atom is 0.410 e. The molecule has 1 amide bonds. The van der Waals surface area contributed by atoms with Crippen LogP contribution in [0.2, 0.25) is 0 Å². The largest absolute Gasteiger partial charge is 0.444 e. The quantitative estimate of drug-likeness (QED) is 0.723. The van der Waals surface area contributed by atoms with Crippen molar-refractivity contribution in [3.63, 3.8) is 0 Å². The van der Waals surface area contributed by atoms with E-state index in [1.165, 1.54) is 0 Å². The molecule has 0 aromatic rings. The van der Waals surface area contributed by atoms with E-state index in [0.29, 0.717) is 5.92 Å². The van der Waals surface area contributed by atoms with Gasteiger partial charge < -0.3 is 9.64 Å². The zero-order valence-electron chi connectivity index (χ0n) is 11.1. The van der Waals surface area contributed by atoms with E-state index in [1.807, 2.05) is 34.6 Å². The summed E-state index contributed by atoms with van der Waals surface area (Å²) in [5.74, 6) is 0.458. The fourth-order valence-corrected chi connectivity index (χ4v) is 1.21. The molecule has 0 aromatic carbocycles. The average molecular weight is 215 g/mol. The maximum absolute atomic E-state index is 11.8. The normalized spacial score (nSPS) is 12.1. The summed E-state index contributed by atoms with van der Waals surface area (Å²) in [5, 5.41) is 0. The summed E-state index contributed by atoms with van der Waals surface area (Å²) in [6.07, 6.45) is -0.216. The van der Waals surface area contributed by atoms with Gasteiger partial charge in [-0.15, -0.1) is 0 Å². The number of ether oxygens (including phenoxy) is 1. The Bertz CT molecular complexity index is 204. The molecular formula is C12H25NO2. The van der Waals surface area contributed by atoms with Crippen molar-refractivity contribution in [1.29, 1.82) is 0 Å². The summed E-state index contributed by atoms with van der Waals surface area (Å²) >= 11 is 0. The van der Waals surface area contributed by atoms with E-state index in [4.69, 9.17) is 4.74 Å². The number of nitrogens with zero attached hydrogens (tertiary/aromatic N) is 1. The Kier molecular flexibility index (Phi) is 5.12. The minimum absolute atomic E-state index is 0.183. The minimum Gasteiger partial charge on any atom is -0.444 e. The lowest BCUT2D eigenvalue weighted by atomic mass is 10.2. The second-order valence-corrected chi connectivity index (χ2v) is 5.62. The molecule has 0 bridgehead atoms. The Labute approximate surface area is 93.8 Å². The van der Waals surface area contributed by atoms with Crippen molar-refractivity contribution in [3.05, 3.63) is 0 Å². The van der Waals surface area contributed by atoms with Crippen molar-refractivity contribution in [3.8, 4) is 0 Å². The first kappa shape index (κ1) is 14.3. The summed E-state index contributed by atoms with van der Waals surface area (Å²) in [7, 11) is 0. The topological polar surface area (TPSA) is 29.5 Å². The third kappa shape index (κ3) is 6.37. The van der Waals surface area contributed by atoms with Gasteiger partial charge >= 0.3 is 6.09 Å². The van der Waals surface area contributed by atoms with E-state index in [9.17, 15) is 4.79 Å². The Morgan fingerprint density at radius 1 is 1.20 bits per heavy atom. The number of carbonyl (C=O) groups excluding carboxylic acids is 1. The van der Waals surface area contributed by atoms with E-state index in [1.54, 1.807) is 4.90 Å². The molecule has 0 unspecified atom stereocenters. The number of amides is 1. The molecule has 15 heavy (non-hydrogen) atoms. The molecule has 0 aliphatic rings. The third-order valence-electron chi connectivity index (χ3n) is 1.81. The Morgan fingerprint density at radius 3 is 1.93 bits per heavy atom. The SMILES string of the molecule is CC(C)CN(C(=O)OC(C)(C)C)C(C)C. The van der Waals surface area contributed by atoms with Crippen LogP contribution in [0.5, 0.6) is 0 Å². The van der Waals surface area contributed by atoms with Gasteiger partial charge in [-0.25, -0.2) is 4.79 Å². The first-order valence-electron chi connectivity index (χ1n) is 5.63. The van der Waals surface area contributed by atoms with Crippen LogP contribution in [0.4, 0.5) is 4.79 Å². The summed E-state index contributed by atoms with van der Waals surface area (Å²) in [6, 6.07) is 0.183. The van der Waals surface area contributed by atoms with Crippen molar-refractivity contribution >= 4 is 6.09 Å². The van der Waals surface area contributed by atoms with Gasteiger partial charge in [0.25, 0.3) is 0 Å². The Balaban J connectivity index is 4.43. The predicted molar refractivity (Wildman–Crippen MR) is 62.9 cm³/mol. The second kappa shape index (κ2) is 5.38. The molecular weight excluding hydrogens is 190 g/mol. The molecule has 0 fully saturated rings. The van der Waals surface area contributed by atoms with E-state index in [0.717, 1.165) is 6.54 Å². The molecule has 3 heteroatoms. The van der Waals surface area contributed by atoms with Crippen LogP contribution in [0.25, 0.3) is 0 Å². The van der Waals surface area contributed by atoms with Gasteiger partial charge in [0.15, 0.2) is 0 Å². The van der Waals surface area contributed by atoms with Gasteiger partial charge in [-0.1, -0.05) is 13.8 Å². The van der Waals surface area contributed by atoms with E-state index < -0.39 is 5.60 Å². The highest BCUT2D eigenvalue weighted by Crippen LogP contribution is 2.13. The summed E-state index contributed by atoms with van der Waals surface area (Å²) in [5.41, 5.74) is -0.415. The molecule has 0 heterocycles. The molecule has 3 nitrogen and oxygen atoms in total. The fourth-order valence-electron chi connectivity index (χ4n) is 1.21. The smallest absolute Gasteiger partial charge is 0.410 e. The van der Waals surface area contributed by atoms with E-state index in [-0.39, 0.29) is 12.1 Å². The standard InChI is InChI=1S/C12H25NO2/c1-9(2)8-13(10(3)4)11(14)15-12(5,6)7/h9-10H,8H2,1-7H3. The zero-order valence-corrected chi connectivity index (χ0v) is 11.1. The molecule has 0 aromatic heterocycles.